The first-order valence-corrected chi connectivity index (χ1v) is 9.02. The predicted octanol–water partition coefficient (Wildman–Crippen LogP) is 4.10. The summed E-state index contributed by atoms with van der Waals surface area (Å²) in [6, 6.07) is 2.96. The van der Waals surface area contributed by atoms with Crippen LogP contribution < -0.4 is 4.74 Å². The van der Waals surface area contributed by atoms with Crippen molar-refractivity contribution in [3.8, 4) is 5.75 Å². The lowest BCUT2D eigenvalue weighted by atomic mass is 9.91. The third kappa shape index (κ3) is 3.77. The molecule has 0 N–H and O–H groups in total. The number of carbonyl (C=O) groups is 1. The number of likely N-dealkylation sites (tertiary alicyclic amines) is 1. The molecule has 0 aromatic heterocycles. The first-order valence-electron chi connectivity index (χ1n) is 8.15. The van der Waals surface area contributed by atoms with Crippen LogP contribution in [0.2, 0.25) is 0 Å². The van der Waals surface area contributed by atoms with Gasteiger partial charge >= 0.3 is 0 Å². The Hall–Kier alpha value is -1.07. The van der Waals surface area contributed by atoms with E-state index in [1.54, 1.807) is 4.90 Å². The number of hydrogen-bond acceptors (Lipinski definition) is 2. The Balaban J connectivity index is 1.72. The Morgan fingerprint density at radius 2 is 1.83 bits per heavy atom. The number of piperidine rings is 1. The minimum atomic E-state index is -0.749. The zero-order valence-corrected chi connectivity index (χ0v) is 14.6. The van der Waals surface area contributed by atoms with Gasteiger partial charge in [0, 0.05) is 12.5 Å². The molecule has 3 nitrogen and oxygen atoms in total. The van der Waals surface area contributed by atoms with E-state index in [0.29, 0.717) is 19.4 Å². The number of ether oxygens (including phenoxy) is 1. The topological polar surface area (TPSA) is 29.5 Å². The van der Waals surface area contributed by atoms with E-state index >= 15 is 0 Å². The summed E-state index contributed by atoms with van der Waals surface area (Å²) in [6.07, 6.45) is 3.00. The Morgan fingerprint density at radius 3 is 2.50 bits per heavy atom. The average molecular weight is 378 g/mol. The lowest BCUT2D eigenvalue weighted by molar-refractivity contribution is -0.139. The lowest BCUT2D eigenvalue weighted by Crippen LogP contribution is -2.57. The van der Waals surface area contributed by atoms with Crippen molar-refractivity contribution in [1.29, 1.82) is 0 Å². The van der Waals surface area contributed by atoms with Gasteiger partial charge in [0.2, 0.25) is 5.91 Å². The molecule has 0 bridgehead atoms. The number of alkyl halides is 2. The van der Waals surface area contributed by atoms with Crippen LogP contribution in [0.5, 0.6) is 5.75 Å². The molecule has 2 fully saturated rings. The highest BCUT2D eigenvalue weighted by Crippen LogP contribution is 2.33. The molecule has 132 valence electrons. The number of carbonyl (C=O) groups excluding carboxylic acids is 1. The second-order valence-electron chi connectivity index (χ2n) is 6.35. The van der Waals surface area contributed by atoms with Crippen molar-refractivity contribution in [2.75, 3.05) is 6.54 Å². The summed E-state index contributed by atoms with van der Waals surface area (Å²) in [7, 11) is 0. The predicted molar refractivity (Wildman–Crippen MR) is 88.6 cm³/mol. The maximum Gasteiger partial charge on any atom is 0.223 e. The molecule has 1 saturated heterocycles. The van der Waals surface area contributed by atoms with Crippen LogP contribution in [-0.4, -0.2) is 40.3 Å². The molecular formula is C17H19Cl2F2NO2. The summed E-state index contributed by atoms with van der Waals surface area (Å²) >= 11 is 12.8. The van der Waals surface area contributed by atoms with Crippen molar-refractivity contribution in [3.05, 3.63) is 29.8 Å². The van der Waals surface area contributed by atoms with E-state index in [2.05, 4.69) is 0 Å². The fraction of sp³-hybridized carbons (Fsp3) is 0.588. The fourth-order valence-electron chi connectivity index (χ4n) is 3.44. The lowest BCUT2D eigenvalue weighted by Gasteiger charge is -2.43. The van der Waals surface area contributed by atoms with Crippen molar-refractivity contribution in [1.82, 2.24) is 4.90 Å². The molecule has 7 heteroatoms. The molecule has 24 heavy (non-hydrogen) atoms. The van der Waals surface area contributed by atoms with Crippen molar-refractivity contribution in [2.24, 2.45) is 0 Å². The smallest absolute Gasteiger partial charge is 0.223 e. The summed E-state index contributed by atoms with van der Waals surface area (Å²) in [4.78, 5) is 14.0. The van der Waals surface area contributed by atoms with E-state index in [0.717, 1.165) is 31.4 Å². The van der Waals surface area contributed by atoms with E-state index in [1.807, 2.05) is 0 Å². The highest BCUT2D eigenvalue weighted by molar-refractivity contribution is 6.25. The molecule has 2 aliphatic rings. The van der Waals surface area contributed by atoms with Crippen LogP contribution in [0.4, 0.5) is 8.78 Å². The number of benzene rings is 1. The summed E-state index contributed by atoms with van der Waals surface area (Å²) in [5.41, 5.74) is 0. The third-order valence-corrected chi connectivity index (χ3v) is 5.60. The van der Waals surface area contributed by atoms with Crippen molar-refractivity contribution in [3.63, 3.8) is 0 Å². The number of halogens is 4. The minimum Gasteiger partial charge on any atom is -0.485 e. The number of amides is 1. The first-order chi connectivity index (χ1) is 11.5. The fourth-order valence-corrected chi connectivity index (χ4v) is 4.45. The monoisotopic (exact) mass is 377 g/mol. The molecule has 3 atom stereocenters. The largest absolute Gasteiger partial charge is 0.485 e. The molecule has 0 spiro atoms. The minimum absolute atomic E-state index is 0.00220. The van der Waals surface area contributed by atoms with E-state index in [9.17, 15) is 13.6 Å². The molecule has 1 heterocycles. The van der Waals surface area contributed by atoms with Gasteiger partial charge in [-0.05, 0) is 31.4 Å². The Kier molecular flexibility index (Phi) is 5.50. The molecule has 3 rings (SSSR count). The highest BCUT2D eigenvalue weighted by Gasteiger charge is 2.41. The van der Waals surface area contributed by atoms with Gasteiger partial charge in [0.1, 0.15) is 11.9 Å². The van der Waals surface area contributed by atoms with E-state index in [4.69, 9.17) is 27.9 Å². The standard InChI is InChI=1S/C17H19Cl2F2NO2/c18-12-2-1-3-13(19)17(12)22-9-11(5-7-16(22)23)24-15-6-4-10(20)8-14(15)21/h4,6,8,11-13,17H,1-3,5,7,9H2. The van der Waals surface area contributed by atoms with Crippen LogP contribution in [0.25, 0.3) is 0 Å². The van der Waals surface area contributed by atoms with Gasteiger partial charge in [0.05, 0.1) is 23.3 Å². The van der Waals surface area contributed by atoms with Gasteiger partial charge in [-0.15, -0.1) is 23.2 Å². The average Bonchev–Trinajstić information content (AvgIpc) is 2.53. The SMILES string of the molecule is O=C1CCC(Oc2ccc(F)cc2F)CN1C1C(Cl)CCCC1Cl. The summed E-state index contributed by atoms with van der Waals surface area (Å²) < 4.78 is 32.4. The molecule has 0 radical (unpaired) electrons. The van der Waals surface area contributed by atoms with E-state index in [-0.39, 0.29) is 34.6 Å². The quantitative estimate of drug-likeness (QED) is 0.742. The second-order valence-corrected chi connectivity index (χ2v) is 7.47. The molecule has 1 aliphatic heterocycles. The summed E-state index contributed by atoms with van der Waals surface area (Å²) in [5.74, 6) is -1.42. The van der Waals surface area contributed by atoms with Crippen molar-refractivity contribution < 1.29 is 18.3 Å². The van der Waals surface area contributed by atoms with Crippen LogP contribution in [0.1, 0.15) is 32.1 Å². The molecule has 1 aromatic rings. The third-order valence-electron chi connectivity index (χ3n) is 4.65. The second kappa shape index (κ2) is 7.44. The highest BCUT2D eigenvalue weighted by atomic mass is 35.5. The summed E-state index contributed by atoms with van der Waals surface area (Å²) in [6.45, 7) is 0.312. The normalized spacial score (nSPS) is 31.2. The molecular weight excluding hydrogens is 359 g/mol. The van der Waals surface area contributed by atoms with Crippen LogP contribution in [-0.2, 0) is 4.79 Å². The van der Waals surface area contributed by atoms with Crippen molar-refractivity contribution in [2.45, 2.75) is 55.0 Å². The maximum atomic E-state index is 13.8. The van der Waals surface area contributed by atoms with Gasteiger partial charge in [-0.25, -0.2) is 8.78 Å². The molecule has 3 unspecified atom stereocenters. The van der Waals surface area contributed by atoms with Crippen LogP contribution in [0, 0.1) is 11.6 Å². The number of nitrogens with zero attached hydrogens (tertiary/aromatic N) is 1. The molecule has 1 amide bonds. The first kappa shape index (κ1) is 17.7. The van der Waals surface area contributed by atoms with Gasteiger partial charge < -0.3 is 9.64 Å². The van der Waals surface area contributed by atoms with Gasteiger partial charge in [0.15, 0.2) is 11.6 Å². The van der Waals surface area contributed by atoms with Gasteiger partial charge in [-0.2, -0.15) is 0 Å². The van der Waals surface area contributed by atoms with Crippen LogP contribution in [0.15, 0.2) is 18.2 Å². The van der Waals surface area contributed by atoms with Gasteiger partial charge in [-0.1, -0.05) is 6.42 Å². The molecule has 1 saturated carbocycles. The maximum absolute atomic E-state index is 13.8. The van der Waals surface area contributed by atoms with Crippen molar-refractivity contribution >= 4 is 29.1 Å². The number of hydrogen-bond donors (Lipinski definition) is 0. The van der Waals surface area contributed by atoms with E-state index in [1.165, 1.54) is 6.07 Å². The van der Waals surface area contributed by atoms with Gasteiger partial charge in [0.25, 0.3) is 0 Å². The van der Waals surface area contributed by atoms with E-state index < -0.39 is 11.6 Å². The Morgan fingerprint density at radius 1 is 1.12 bits per heavy atom. The molecule has 1 aromatic carbocycles. The number of rotatable bonds is 3. The van der Waals surface area contributed by atoms with Gasteiger partial charge in [-0.3, -0.25) is 4.79 Å². The molecule has 1 aliphatic carbocycles. The Bertz CT molecular complexity index is 606. The van der Waals surface area contributed by atoms with Crippen LogP contribution >= 0.6 is 23.2 Å². The zero-order chi connectivity index (χ0) is 17.3. The zero-order valence-electron chi connectivity index (χ0n) is 13.1. The van der Waals surface area contributed by atoms with Crippen LogP contribution in [0.3, 0.4) is 0 Å². The Labute approximate surface area is 149 Å². The summed E-state index contributed by atoms with van der Waals surface area (Å²) in [5, 5.41) is -0.377.